The van der Waals surface area contributed by atoms with E-state index in [0.717, 1.165) is 18.4 Å². The number of carbonyl (C=O) groups is 2. The Kier molecular flexibility index (Phi) is 3.75. The lowest BCUT2D eigenvalue weighted by Crippen LogP contribution is -2.40. The van der Waals surface area contributed by atoms with Gasteiger partial charge in [0.15, 0.2) is 0 Å². The molecule has 0 aliphatic carbocycles. The Hall–Kier alpha value is -1.84. The molecule has 1 fully saturated rings. The molecule has 4 nitrogen and oxygen atoms in total. The molecule has 0 spiro atoms. The maximum Gasteiger partial charge on any atom is 0.416 e. The third-order valence-corrected chi connectivity index (χ3v) is 2.75. The first-order chi connectivity index (χ1) is 8.27. The zero-order valence-corrected chi connectivity index (χ0v) is 9.59. The summed E-state index contributed by atoms with van der Waals surface area (Å²) < 4.78 is 5.10. The Balaban J connectivity index is 1.87. The molecular formula is C13H15NO3. The normalized spacial score (nSPS) is 15.8. The number of benzene rings is 1. The second-order valence-corrected chi connectivity index (χ2v) is 4.04. The summed E-state index contributed by atoms with van der Waals surface area (Å²) in [4.78, 5) is 24.3. The predicted molar refractivity (Wildman–Crippen MR) is 62.2 cm³/mol. The molecule has 2 rings (SSSR count). The largest absolute Gasteiger partial charge is 0.444 e. The first-order valence-electron chi connectivity index (χ1n) is 5.78. The van der Waals surface area contributed by atoms with Crippen molar-refractivity contribution in [3.05, 3.63) is 35.9 Å². The fraction of sp³-hybridized carbons (Fsp3) is 0.385. The van der Waals surface area contributed by atoms with Crippen molar-refractivity contribution >= 4 is 12.0 Å². The number of likely N-dealkylation sites (tertiary alicyclic amines) is 1. The van der Waals surface area contributed by atoms with Gasteiger partial charge in [0.25, 0.3) is 0 Å². The van der Waals surface area contributed by atoms with E-state index >= 15 is 0 Å². The van der Waals surface area contributed by atoms with Crippen molar-refractivity contribution in [1.29, 1.82) is 0 Å². The predicted octanol–water partition coefficient (Wildman–Crippen LogP) is 2.34. The molecule has 1 aliphatic heterocycles. The van der Waals surface area contributed by atoms with Crippen molar-refractivity contribution in [2.45, 2.75) is 25.9 Å². The highest BCUT2D eigenvalue weighted by molar-refractivity contribution is 5.92. The van der Waals surface area contributed by atoms with Gasteiger partial charge in [0.05, 0.1) is 0 Å². The highest BCUT2D eigenvalue weighted by Gasteiger charge is 2.25. The molecule has 17 heavy (non-hydrogen) atoms. The van der Waals surface area contributed by atoms with Crippen LogP contribution in [-0.4, -0.2) is 23.4 Å². The minimum absolute atomic E-state index is 0.130. The lowest BCUT2D eigenvalue weighted by atomic mass is 10.1. The number of imide groups is 1. The van der Waals surface area contributed by atoms with Crippen molar-refractivity contribution in [3.63, 3.8) is 0 Å². The van der Waals surface area contributed by atoms with Crippen molar-refractivity contribution in [1.82, 2.24) is 4.90 Å². The summed E-state index contributed by atoms with van der Waals surface area (Å²) >= 11 is 0. The topological polar surface area (TPSA) is 46.6 Å². The smallest absolute Gasteiger partial charge is 0.416 e. The minimum atomic E-state index is -0.529. The highest BCUT2D eigenvalue weighted by atomic mass is 16.6. The summed E-state index contributed by atoms with van der Waals surface area (Å²) in [6.07, 6.45) is 1.65. The van der Waals surface area contributed by atoms with Crippen LogP contribution in [0.1, 0.15) is 24.8 Å². The third-order valence-electron chi connectivity index (χ3n) is 2.75. The number of hydrogen-bond acceptors (Lipinski definition) is 3. The molecule has 1 heterocycles. The van der Waals surface area contributed by atoms with Crippen molar-refractivity contribution in [2.24, 2.45) is 0 Å². The van der Waals surface area contributed by atoms with Gasteiger partial charge in [-0.15, -0.1) is 0 Å². The molecule has 90 valence electrons. The van der Waals surface area contributed by atoms with E-state index in [2.05, 4.69) is 0 Å². The summed E-state index contributed by atoms with van der Waals surface area (Å²) in [5.41, 5.74) is 0.922. The Morgan fingerprint density at radius 2 is 2.00 bits per heavy atom. The van der Waals surface area contributed by atoms with E-state index in [0.29, 0.717) is 13.0 Å². The molecule has 0 radical (unpaired) electrons. The fourth-order valence-corrected chi connectivity index (χ4v) is 1.80. The van der Waals surface area contributed by atoms with Gasteiger partial charge in [0.2, 0.25) is 5.91 Å². The lowest BCUT2D eigenvalue weighted by molar-refractivity contribution is -0.131. The number of hydrogen-bond donors (Lipinski definition) is 0. The van der Waals surface area contributed by atoms with E-state index in [9.17, 15) is 9.59 Å². The van der Waals surface area contributed by atoms with Crippen LogP contribution in [0.5, 0.6) is 0 Å². The van der Waals surface area contributed by atoms with Gasteiger partial charge < -0.3 is 4.74 Å². The molecule has 1 aliphatic rings. The van der Waals surface area contributed by atoms with Crippen LogP contribution in [-0.2, 0) is 16.1 Å². The van der Waals surface area contributed by atoms with Crippen LogP contribution in [0.15, 0.2) is 30.3 Å². The molecular weight excluding hydrogens is 218 g/mol. The molecule has 0 N–H and O–H groups in total. The van der Waals surface area contributed by atoms with Gasteiger partial charge in [-0.2, -0.15) is 0 Å². The third kappa shape index (κ3) is 3.06. The summed E-state index contributed by atoms with van der Waals surface area (Å²) in [7, 11) is 0. The van der Waals surface area contributed by atoms with E-state index in [1.54, 1.807) is 0 Å². The standard InChI is InChI=1S/C13H15NO3/c15-12-8-4-5-9-14(12)13(16)17-10-11-6-2-1-3-7-11/h1-3,6-7H,4-5,8-10H2. The molecule has 0 atom stereocenters. The first-order valence-corrected chi connectivity index (χ1v) is 5.78. The van der Waals surface area contributed by atoms with Crippen LogP contribution in [0.3, 0.4) is 0 Å². The zero-order valence-electron chi connectivity index (χ0n) is 9.59. The van der Waals surface area contributed by atoms with Crippen molar-refractivity contribution in [2.75, 3.05) is 6.54 Å². The van der Waals surface area contributed by atoms with E-state index in [1.165, 1.54) is 4.90 Å². The van der Waals surface area contributed by atoms with Crippen LogP contribution in [0, 0.1) is 0 Å². The Morgan fingerprint density at radius 1 is 1.24 bits per heavy atom. The Bertz CT molecular complexity index is 402. The van der Waals surface area contributed by atoms with Crippen LogP contribution in [0.4, 0.5) is 4.79 Å². The number of ether oxygens (including phenoxy) is 1. The van der Waals surface area contributed by atoms with Gasteiger partial charge >= 0.3 is 6.09 Å². The second kappa shape index (κ2) is 5.48. The molecule has 0 bridgehead atoms. The summed E-state index contributed by atoms with van der Waals surface area (Å²) in [6, 6.07) is 9.43. The monoisotopic (exact) mass is 233 g/mol. The molecule has 0 unspecified atom stereocenters. The molecule has 1 aromatic carbocycles. The van der Waals surface area contributed by atoms with E-state index in [-0.39, 0.29) is 12.5 Å². The molecule has 1 saturated heterocycles. The summed E-state index contributed by atoms with van der Waals surface area (Å²) in [5.74, 6) is -0.130. The quantitative estimate of drug-likeness (QED) is 0.787. The average Bonchev–Trinajstić information content (AvgIpc) is 2.38. The number of carbonyl (C=O) groups excluding carboxylic acids is 2. The van der Waals surface area contributed by atoms with Gasteiger partial charge in [-0.05, 0) is 18.4 Å². The first kappa shape index (κ1) is 11.6. The number of piperidine rings is 1. The molecule has 2 amide bonds. The molecule has 0 aromatic heterocycles. The Morgan fingerprint density at radius 3 is 2.71 bits per heavy atom. The molecule has 4 heteroatoms. The summed E-state index contributed by atoms with van der Waals surface area (Å²) in [6.45, 7) is 0.690. The van der Waals surface area contributed by atoms with Crippen LogP contribution >= 0.6 is 0 Å². The maximum atomic E-state index is 11.7. The second-order valence-electron chi connectivity index (χ2n) is 4.04. The number of amides is 2. The zero-order chi connectivity index (χ0) is 12.1. The van der Waals surface area contributed by atoms with Crippen molar-refractivity contribution in [3.8, 4) is 0 Å². The SMILES string of the molecule is O=C1CCCCN1C(=O)OCc1ccccc1. The van der Waals surface area contributed by atoms with Gasteiger partial charge in [0.1, 0.15) is 6.61 Å². The van der Waals surface area contributed by atoms with E-state index < -0.39 is 6.09 Å². The van der Waals surface area contributed by atoms with Crippen LogP contribution in [0.25, 0.3) is 0 Å². The van der Waals surface area contributed by atoms with Gasteiger partial charge in [0, 0.05) is 13.0 Å². The maximum absolute atomic E-state index is 11.7. The van der Waals surface area contributed by atoms with E-state index in [1.807, 2.05) is 30.3 Å². The fourth-order valence-electron chi connectivity index (χ4n) is 1.80. The molecule has 1 aromatic rings. The Labute approximate surface area is 100 Å². The van der Waals surface area contributed by atoms with Crippen LogP contribution in [0.2, 0.25) is 0 Å². The average molecular weight is 233 g/mol. The van der Waals surface area contributed by atoms with Gasteiger partial charge in [-0.1, -0.05) is 30.3 Å². The highest BCUT2D eigenvalue weighted by Crippen LogP contribution is 2.12. The summed E-state index contributed by atoms with van der Waals surface area (Å²) in [5, 5.41) is 0. The van der Waals surface area contributed by atoms with E-state index in [4.69, 9.17) is 4.74 Å². The van der Waals surface area contributed by atoms with Gasteiger partial charge in [-0.3, -0.25) is 4.79 Å². The van der Waals surface area contributed by atoms with Crippen LogP contribution < -0.4 is 0 Å². The number of rotatable bonds is 2. The number of nitrogens with zero attached hydrogens (tertiary/aromatic N) is 1. The lowest BCUT2D eigenvalue weighted by Gasteiger charge is -2.23. The molecule has 0 saturated carbocycles. The van der Waals surface area contributed by atoms with Crippen molar-refractivity contribution < 1.29 is 14.3 Å². The van der Waals surface area contributed by atoms with Gasteiger partial charge in [-0.25, -0.2) is 9.69 Å². The minimum Gasteiger partial charge on any atom is -0.444 e.